The minimum Gasteiger partial charge on any atom is -0.450 e. The quantitative estimate of drug-likeness (QED) is 0.388. The molecule has 0 saturated heterocycles. The van der Waals surface area contributed by atoms with E-state index in [1.54, 1.807) is 19.1 Å². The van der Waals surface area contributed by atoms with Gasteiger partial charge in [0.15, 0.2) is 23.1 Å². The van der Waals surface area contributed by atoms with Gasteiger partial charge < -0.3 is 14.0 Å². The molecule has 0 aliphatic carbocycles. The smallest absolute Gasteiger partial charge is 0.265 e. The summed E-state index contributed by atoms with van der Waals surface area (Å²) in [6.45, 7) is 3.41. The van der Waals surface area contributed by atoms with Gasteiger partial charge in [0.1, 0.15) is 21.5 Å². The molecule has 2 unspecified atom stereocenters. The maximum absolute atomic E-state index is 13.1. The number of anilines is 1. The standard InChI is InChI=1S/C20H15ClN2O7S2/c1-8-5-13-14-6-10(8)16(20(28-13)29-14)11(24)7-12(25)18-15(3-4-31-18)32(26,27)23-19-17(21)9(2)22-30-19/h3-6,16,20,23H,7H2,1-2H3. The third-order valence-electron chi connectivity index (χ3n) is 5.30. The maximum Gasteiger partial charge on any atom is 0.265 e. The van der Waals surface area contributed by atoms with E-state index in [1.165, 1.54) is 11.4 Å². The molecule has 2 aliphatic rings. The van der Waals surface area contributed by atoms with Gasteiger partial charge in [-0.05, 0) is 48.6 Å². The molecule has 166 valence electrons. The third-order valence-corrected chi connectivity index (χ3v) is 8.20. The summed E-state index contributed by atoms with van der Waals surface area (Å²) >= 11 is 6.90. The van der Waals surface area contributed by atoms with Crippen LogP contribution in [0.4, 0.5) is 5.88 Å². The lowest BCUT2D eigenvalue weighted by Gasteiger charge is -2.24. The van der Waals surface area contributed by atoms with Crippen LogP contribution in [0.1, 0.15) is 38.8 Å². The number of aryl methyl sites for hydroxylation is 2. The van der Waals surface area contributed by atoms with Crippen molar-refractivity contribution in [2.24, 2.45) is 0 Å². The highest BCUT2D eigenvalue weighted by Crippen LogP contribution is 2.48. The number of nitrogens with one attached hydrogen (secondary N) is 1. The van der Waals surface area contributed by atoms with E-state index in [-0.39, 0.29) is 20.7 Å². The molecule has 12 heteroatoms. The predicted molar refractivity (Wildman–Crippen MR) is 114 cm³/mol. The summed E-state index contributed by atoms with van der Waals surface area (Å²) in [5.74, 6) is -0.922. The summed E-state index contributed by atoms with van der Waals surface area (Å²) < 4.78 is 44.0. The first kappa shape index (κ1) is 21.0. The first-order chi connectivity index (χ1) is 15.2. The molecule has 4 heterocycles. The van der Waals surface area contributed by atoms with Gasteiger partial charge >= 0.3 is 0 Å². The zero-order valence-corrected chi connectivity index (χ0v) is 19.1. The molecule has 9 nitrogen and oxygen atoms in total. The zero-order valence-electron chi connectivity index (χ0n) is 16.7. The fourth-order valence-corrected chi connectivity index (χ4v) is 6.30. The number of carbonyl (C=O) groups excluding carboxylic acids is 2. The van der Waals surface area contributed by atoms with E-state index in [2.05, 4.69) is 9.88 Å². The molecule has 2 aliphatic heterocycles. The highest BCUT2D eigenvalue weighted by Gasteiger charge is 2.44. The van der Waals surface area contributed by atoms with Gasteiger partial charge in [-0.3, -0.25) is 9.59 Å². The normalized spacial score (nSPS) is 18.3. The summed E-state index contributed by atoms with van der Waals surface area (Å²) in [5, 5.41) is 5.07. The van der Waals surface area contributed by atoms with Crippen molar-refractivity contribution >= 4 is 50.4 Å². The van der Waals surface area contributed by atoms with Crippen LogP contribution in [0.2, 0.25) is 5.02 Å². The van der Waals surface area contributed by atoms with Gasteiger partial charge in [-0.1, -0.05) is 16.8 Å². The molecule has 0 spiro atoms. The number of nitrogens with zero attached hydrogens (tertiary/aromatic N) is 1. The number of halogens is 1. The van der Waals surface area contributed by atoms with E-state index in [9.17, 15) is 18.0 Å². The minimum atomic E-state index is -4.21. The number of sulfonamides is 1. The first-order valence-electron chi connectivity index (χ1n) is 9.41. The molecule has 0 fully saturated rings. The molecule has 5 rings (SSSR count). The van der Waals surface area contributed by atoms with E-state index in [0.717, 1.165) is 22.5 Å². The van der Waals surface area contributed by atoms with E-state index in [0.29, 0.717) is 17.2 Å². The van der Waals surface area contributed by atoms with Crippen LogP contribution < -0.4 is 14.2 Å². The average Bonchev–Trinajstić information content (AvgIpc) is 3.41. The number of aromatic nitrogens is 1. The number of ketones is 2. The van der Waals surface area contributed by atoms with Crippen LogP contribution in [-0.4, -0.2) is 31.4 Å². The molecule has 0 radical (unpaired) electrons. The molecule has 1 N–H and O–H groups in total. The summed E-state index contributed by atoms with van der Waals surface area (Å²) in [5.41, 5.74) is 1.92. The molecule has 0 saturated carbocycles. The minimum absolute atomic E-state index is 0.0151. The van der Waals surface area contributed by atoms with Crippen LogP contribution in [0.15, 0.2) is 33.0 Å². The Morgan fingerprint density at radius 1 is 1.22 bits per heavy atom. The molecule has 32 heavy (non-hydrogen) atoms. The summed E-state index contributed by atoms with van der Waals surface area (Å²) in [6, 6.07) is 4.82. The molecule has 0 amide bonds. The topological polar surface area (TPSA) is 125 Å². The van der Waals surface area contributed by atoms with Gasteiger partial charge in [0.25, 0.3) is 22.2 Å². The lowest BCUT2D eigenvalue weighted by molar-refractivity contribution is -0.125. The SMILES string of the molecule is Cc1cc2c3cc1C(C(=O)CC(=O)c1sccc1S(=O)(=O)Nc1onc(C)c1Cl)C(O2)O3. The average molecular weight is 495 g/mol. The zero-order chi connectivity index (χ0) is 22.8. The summed E-state index contributed by atoms with van der Waals surface area (Å²) in [4.78, 5) is 25.7. The Morgan fingerprint density at radius 2 is 1.94 bits per heavy atom. The van der Waals surface area contributed by atoms with Crippen molar-refractivity contribution in [3.8, 4) is 11.5 Å². The highest BCUT2D eigenvalue weighted by atomic mass is 35.5. The summed E-state index contributed by atoms with van der Waals surface area (Å²) in [6.07, 6.45) is -1.33. The fourth-order valence-electron chi connectivity index (χ4n) is 3.74. The van der Waals surface area contributed by atoms with Crippen molar-refractivity contribution in [2.45, 2.75) is 37.4 Å². The predicted octanol–water partition coefficient (Wildman–Crippen LogP) is 3.84. The number of ether oxygens (including phenoxy) is 2. The van der Waals surface area contributed by atoms with Crippen LogP contribution in [0.5, 0.6) is 11.5 Å². The van der Waals surface area contributed by atoms with Crippen molar-refractivity contribution in [1.82, 2.24) is 5.16 Å². The number of benzene rings is 1. The van der Waals surface area contributed by atoms with Crippen molar-refractivity contribution in [2.75, 3.05) is 4.72 Å². The number of hydrogen-bond donors (Lipinski definition) is 1. The Labute approximate surface area is 191 Å². The van der Waals surface area contributed by atoms with Crippen LogP contribution in [-0.2, 0) is 14.8 Å². The maximum atomic E-state index is 13.1. The van der Waals surface area contributed by atoms with Crippen LogP contribution in [0.3, 0.4) is 0 Å². The van der Waals surface area contributed by atoms with E-state index in [4.69, 9.17) is 25.6 Å². The molecular weight excluding hydrogens is 480 g/mol. The Kier molecular flexibility index (Phi) is 4.80. The van der Waals surface area contributed by atoms with Crippen molar-refractivity contribution in [3.63, 3.8) is 0 Å². The lowest BCUT2D eigenvalue weighted by Crippen LogP contribution is -2.35. The van der Waals surface area contributed by atoms with E-state index in [1.807, 2.05) is 6.92 Å². The van der Waals surface area contributed by atoms with Gasteiger partial charge in [-0.15, -0.1) is 11.3 Å². The molecule has 3 aromatic rings. The molecule has 2 aromatic heterocycles. The van der Waals surface area contributed by atoms with Gasteiger partial charge in [0.05, 0.1) is 11.3 Å². The van der Waals surface area contributed by atoms with Crippen LogP contribution in [0, 0.1) is 13.8 Å². The fraction of sp³-hybridized carbons (Fsp3) is 0.250. The molecular formula is C20H15ClN2O7S2. The van der Waals surface area contributed by atoms with Crippen molar-refractivity contribution < 1.29 is 32.0 Å². The number of carbonyl (C=O) groups is 2. The van der Waals surface area contributed by atoms with E-state index >= 15 is 0 Å². The largest absolute Gasteiger partial charge is 0.450 e. The van der Waals surface area contributed by atoms with Crippen molar-refractivity contribution in [1.29, 1.82) is 0 Å². The lowest BCUT2D eigenvalue weighted by atomic mass is 9.87. The van der Waals surface area contributed by atoms with Crippen LogP contribution in [0.25, 0.3) is 0 Å². The number of thiophene rings is 1. The molecule has 3 bridgehead atoms. The van der Waals surface area contributed by atoms with E-state index < -0.39 is 40.2 Å². The van der Waals surface area contributed by atoms with Gasteiger partial charge in [-0.2, -0.15) is 0 Å². The summed E-state index contributed by atoms with van der Waals surface area (Å²) in [7, 11) is -4.21. The molecule has 2 atom stereocenters. The second kappa shape index (κ2) is 7.32. The second-order valence-electron chi connectivity index (χ2n) is 7.43. The van der Waals surface area contributed by atoms with Gasteiger partial charge in [0, 0.05) is 0 Å². The third kappa shape index (κ3) is 3.28. The Morgan fingerprint density at radius 3 is 2.62 bits per heavy atom. The number of Topliss-reactive ketones (excluding diaryl/α,β-unsaturated/α-hetero) is 2. The van der Waals surface area contributed by atoms with Crippen LogP contribution >= 0.6 is 22.9 Å². The Hall–Kier alpha value is -2.89. The van der Waals surface area contributed by atoms with Gasteiger partial charge in [0.2, 0.25) is 0 Å². The number of hydrogen-bond acceptors (Lipinski definition) is 9. The number of rotatable bonds is 7. The van der Waals surface area contributed by atoms with Crippen molar-refractivity contribution in [3.05, 3.63) is 50.3 Å². The second-order valence-corrected chi connectivity index (χ2v) is 10.4. The van der Waals surface area contributed by atoms with Gasteiger partial charge in [-0.25, -0.2) is 13.1 Å². The number of fused-ring (bicyclic) bond motifs is 2. The monoisotopic (exact) mass is 494 g/mol. The molecule has 1 aromatic carbocycles. The first-order valence-corrected chi connectivity index (χ1v) is 12.2. The Balaban J connectivity index is 1.38. The Bertz CT molecular complexity index is 1390. The highest BCUT2D eigenvalue weighted by molar-refractivity contribution is 7.93.